The summed E-state index contributed by atoms with van der Waals surface area (Å²) in [5.74, 6) is 2.82. The number of benzene rings is 2. The molecule has 0 fully saturated rings. The first-order chi connectivity index (χ1) is 12.3. The Morgan fingerprint density at radius 3 is 1.28 bits per heavy atom. The smallest absolute Gasteiger partial charge is 0.526 e. The highest BCUT2D eigenvalue weighted by Crippen LogP contribution is 2.19. The number of rotatable bonds is 12. The third-order valence-electron chi connectivity index (χ3n) is 3.13. The van der Waals surface area contributed by atoms with Gasteiger partial charge in [-0.15, -0.1) is 0 Å². The summed E-state index contributed by atoms with van der Waals surface area (Å²) in [5, 5.41) is 0. The average Bonchev–Trinajstić information content (AvgIpc) is 2.65. The standard InChI is InChI=1S/C18H22BO6/c1-20-11-13-22-15-3-7-17(8-4-15)24-19-25-18-9-5-16(6-10-18)23-14-12-21-2/h3-10H,11-14H2,1-2H3. The summed E-state index contributed by atoms with van der Waals surface area (Å²) < 4.78 is 31.7. The fourth-order valence-electron chi connectivity index (χ4n) is 1.85. The lowest BCUT2D eigenvalue weighted by molar-refractivity contribution is 0.146. The minimum atomic E-state index is 0.511. The predicted octanol–water partition coefficient (Wildman–Crippen LogP) is 2.73. The van der Waals surface area contributed by atoms with E-state index in [9.17, 15) is 0 Å². The van der Waals surface area contributed by atoms with Crippen molar-refractivity contribution in [2.24, 2.45) is 0 Å². The van der Waals surface area contributed by atoms with Crippen LogP contribution in [-0.4, -0.2) is 48.3 Å². The van der Waals surface area contributed by atoms with Gasteiger partial charge in [0.25, 0.3) is 0 Å². The molecule has 0 spiro atoms. The van der Waals surface area contributed by atoms with Crippen molar-refractivity contribution in [3.05, 3.63) is 48.5 Å². The molecular formula is C18H22BO6. The van der Waals surface area contributed by atoms with Gasteiger partial charge in [-0.1, -0.05) is 0 Å². The van der Waals surface area contributed by atoms with E-state index in [2.05, 4.69) is 0 Å². The quantitative estimate of drug-likeness (QED) is 0.436. The minimum Gasteiger partial charge on any atom is -0.526 e. The van der Waals surface area contributed by atoms with Crippen LogP contribution in [0.1, 0.15) is 0 Å². The maximum atomic E-state index is 5.48. The van der Waals surface area contributed by atoms with E-state index in [0.29, 0.717) is 37.9 Å². The topological polar surface area (TPSA) is 55.4 Å². The number of hydrogen-bond acceptors (Lipinski definition) is 6. The summed E-state index contributed by atoms with van der Waals surface area (Å²) in [7, 11) is 4.55. The normalized spacial score (nSPS) is 10.2. The molecule has 0 amide bonds. The zero-order chi connectivity index (χ0) is 17.7. The van der Waals surface area contributed by atoms with Gasteiger partial charge in [0.2, 0.25) is 0 Å². The molecule has 2 aromatic carbocycles. The van der Waals surface area contributed by atoms with E-state index in [1.54, 1.807) is 38.5 Å². The second-order valence-electron chi connectivity index (χ2n) is 4.96. The molecule has 0 aliphatic heterocycles. The van der Waals surface area contributed by atoms with Gasteiger partial charge >= 0.3 is 7.69 Å². The Morgan fingerprint density at radius 1 is 0.560 bits per heavy atom. The van der Waals surface area contributed by atoms with Crippen molar-refractivity contribution >= 4 is 7.69 Å². The van der Waals surface area contributed by atoms with Crippen LogP contribution in [0, 0.1) is 0 Å². The van der Waals surface area contributed by atoms with Gasteiger partial charge in [0.15, 0.2) is 0 Å². The van der Waals surface area contributed by atoms with Crippen LogP contribution in [0.25, 0.3) is 0 Å². The molecule has 0 unspecified atom stereocenters. The molecule has 7 heteroatoms. The van der Waals surface area contributed by atoms with E-state index in [4.69, 9.17) is 28.3 Å². The van der Waals surface area contributed by atoms with E-state index in [0.717, 1.165) is 11.5 Å². The zero-order valence-electron chi connectivity index (χ0n) is 14.5. The van der Waals surface area contributed by atoms with E-state index < -0.39 is 0 Å². The third-order valence-corrected chi connectivity index (χ3v) is 3.13. The van der Waals surface area contributed by atoms with Gasteiger partial charge in [-0.05, 0) is 48.5 Å². The SMILES string of the molecule is COCCOc1ccc(O[B]Oc2ccc(OCCOC)cc2)cc1. The maximum absolute atomic E-state index is 5.48. The Balaban J connectivity index is 1.69. The average molecular weight is 345 g/mol. The predicted molar refractivity (Wildman–Crippen MR) is 94.6 cm³/mol. The lowest BCUT2D eigenvalue weighted by Crippen LogP contribution is -2.11. The Morgan fingerprint density at radius 2 is 0.920 bits per heavy atom. The summed E-state index contributed by atoms with van der Waals surface area (Å²) in [6, 6.07) is 14.5. The van der Waals surface area contributed by atoms with Crippen molar-refractivity contribution in [2.45, 2.75) is 0 Å². The molecule has 133 valence electrons. The number of hydrogen-bond donors (Lipinski definition) is 0. The molecule has 0 saturated heterocycles. The van der Waals surface area contributed by atoms with Gasteiger partial charge in [0.1, 0.15) is 36.2 Å². The fraction of sp³-hybridized carbons (Fsp3) is 0.333. The van der Waals surface area contributed by atoms with Gasteiger partial charge in [0.05, 0.1) is 13.2 Å². The largest absolute Gasteiger partial charge is 0.658 e. The molecule has 25 heavy (non-hydrogen) atoms. The number of ether oxygens (including phenoxy) is 4. The monoisotopic (exact) mass is 345 g/mol. The van der Waals surface area contributed by atoms with Gasteiger partial charge in [0, 0.05) is 14.2 Å². The van der Waals surface area contributed by atoms with Gasteiger partial charge in [-0.2, -0.15) is 0 Å². The first-order valence-electron chi connectivity index (χ1n) is 7.90. The highest BCUT2D eigenvalue weighted by Gasteiger charge is 2.03. The second-order valence-corrected chi connectivity index (χ2v) is 4.96. The van der Waals surface area contributed by atoms with Crippen molar-refractivity contribution in [3.63, 3.8) is 0 Å². The van der Waals surface area contributed by atoms with Crippen molar-refractivity contribution in [1.29, 1.82) is 0 Å². The van der Waals surface area contributed by atoms with Gasteiger partial charge < -0.3 is 28.3 Å². The summed E-state index contributed by atoms with van der Waals surface area (Å²) in [5.41, 5.74) is 0. The van der Waals surface area contributed by atoms with Crippen LogP contribution in [0.2, 0.25) is 0 Å². The maximum Gasteiger partial charge on any atom is 0.658 e. The van der Waals surface area contributed by atoms with Gasteiger partial charge in [-0.25, -0.2) is 0 Å². The Bertz CT molecular complexity index is 534. The summed E-state index contributed by atoms with van der Waals surface area (Å²) in [6.45, 7) is 2.13. The third kappa shape index (κ3) is 7.37. The number of methoxy groups -OCH3 is 2. The molecule has 0 bridgehead atoms. The minimum absolute atomic E-state index is 0.511. The molecule has 2 aromatic rings. The Hall–Kier alpha value is -2.38. The van der Waals surface area contributed by atoms with Crippen LogP contribution in [0.3, 0.4) is 0 Å². The molecule has 1 radical (unpaired) electrons. The second kappa shape index (κ2) is 11.2. The lowest BCUT2D eigenvalue weighted by atomic mass is 10.3. The van der Waals surface area contributed by atoms with Crippen LogP contribution in [0.5, 0.6) is 23.0 Å². The fourth-order valence-corrected chi connectivity index (χ4v) is 1.85. The van der Waals surface area contributed by atoms with Crippen molar-refractivity contribution in [1.82, 2.24) is 0 Å². The molecule has 0 atom stereocenters. The molecule has 0 heterocycles. The summed E-state index contributed by atoms with van der Waals surface area (Å²) in [4.78, 5) is 0. The highest BCUT2D eigenvalue weighted by atomic mass is 16.6. The molecule has 0 aromatic heterocycles. The van der Waals surface area contributed by atoms with E-state index in [1.165, 1.54) is 7.69 Å². The molecule has 0 N–H and O–H groups in total. The molecule has 0 aliphatic rings. The highest BCUT2D eigenvalue weighted by molar-refractivity contribution is 6.20. The van der Waals surface area contributed by atoms with E-state index >= 15 is 0 Å². The molecule has 6 nitrogen and oxygen atoms in total. The van der Waals surface area contributed by atoms with Crippen LogP contribution >= 0.6 is 0 Å². The van der Waals surface area contributed by atoms with Crippen molar-refractivity contribution in [3.8, 4) is 23.0 Å². The van der Waals surface area contributed by atoms with Gasteiger partial charge in [-0.3, -0.25) is 0 Å². The Labute approximate surface area is 148 Å². The Kier molecular flexibility index (Phi) is 8.51. The van der Waals surface area contributed by atoms with Crippen molar-refractivity contribution < 1.29 is 28.3 Å². The van der Waals surface area contributed by atoms with Crippen LogP contribution in [-0.2, 0) is 9.47 Å². The lowest BCUT2D eigenvalue weighted by Gasteiger charge is -2.09. The molecule has 2 rings (SSSR count). The summed E-state index contributed by atoms with van der Waals surface area (Å²) >= 11 is 0. The first-order valence-corrected chi connectivity index (χ1v) is 7.90. The van der Waals surface area contributed by atoms with E-state index in [1.807, 2.05) is 24.3 Å². The van der Waals surface area contributed by atoms with Crippen molar-refractivity contribution in [2.75, 3.05) is 40.6 Å². The van der Waals surface area contributed by atoms with Crippen LogP contribution < -0.4 is 18.8 Å². The van der Waals surface area contributed by atoms with Crippen LogP contribution in [0.4, 0.5) is 0 Å². The molecule has 0 aliphatic carbocycles. The molecule has 0 saturated carbocycles. The zero-order valence-corrected chi connectivity index (χ0v) is 14.5. The molecular weight excluding hydrogens is 323 g/mol. The first kappa shape index (κ1) is 19.0. The van der Waals surface area contributed by atoms with E-state index in [-0.39, 0.29) is 0 Å². The summed E-state index contributed by atoms with van der Waals surface area (Å²) in [6.07, 6.45) is 0. The van der Waals surface area contributed by atoms with Crippen LogP contribution in [0.15, 0.2) is 48.5 Å².